The summed E-state index contributed by atoms with van der Waals surface area (Å²) in [5, 5.41) is 9.59. The van der Waals surface area contributed by atoms with Gasteiger partial charge in [-0.05, 0) is 50.6 Å². The van der Waals surface area contributed by atoms with Gasteiger partial charge in [0.05, 0.1) is 11.3 Å². The van der Waals surface area contributed by atoms with E-state index in [2.05, 4.69) is 71.0 Å². The Balaban J connectivity index is 0.000000456. The van der Waals surface area contributed by atoms with Gasteiger partial charge in [0.15, 0.2) is 5.78 Å². The summed E-state index contributed by atoms with van der Waals surface area (Å²) in [6.07, 6.45) is 1.17. The molecule has 0 saturated carbocycles. The maximum Gasteiger partial charge on any atom is 0.155 e. The molecule has 0 aliphatic heterocycles. The first-order valence-corrected chi connectivity index (χ1v) is 9.35. The zero-order valence-corrected chi connectivity index (χ0v) is 20.5. The molecule has 4 heteroatoms. The van der Waals surface area contributed by atoms with Crippen LogP contribution >= 0.6 is 0 Å². The Hall–Kier alpha value is -2.29. The fraction of sp³-hybridized carbons (Fsp3) is 0.280. The molecule has 0 saturated heterocycles. The first-order valence-electron chi connectivity index (χ1n) is 9.35. The van der Waals surface area contributed by atoms with Gasteiger partial charge in [-0.1, -0.05) is 39.0 Å². The average molecular weight is 567 g/mol. The van der Waals surface area contributed by atoms with E-state index in [1.807, 2.05) is 0 Å². The molecule has 3 rings (SSSR count). The van der Waals surface area contributed by atoms with E-state index < -0.39 is 0 Å². The van der Waals surface area contributed by atoms with Gasteiger partial charge in [0.2, 0.25) is 0 Å². The topological polar surface area (TPSA) is 50.2 Å². The van der Waals surface area contributed by atoms with E-state index in [4.69, 9.17) is 10.1 Å². The second-order valence-corrected chi connectivity index (χ2v) is 7.38. The molecule has 0 unspecified atom stereocenters. The van der Waals surface area contributed by atoms with E-state index >= 15 is 0 Å². The van der Waals surface area contributed by atoms with Crippen LogP contribution in [-0.2, 0) is 24.9 Å². The fourth-order valence-electron chi connectivity index (χ4n) is 3.15. The van der Waals surface area contributed by atoms with Crippen LogP contribution in [0.3, 0.4) is 0 Å². The van der Waals surface area contributed by atoms with Crippen molar-refractivity contribution >= 4 is 16.7 Å². The number of nitrogens with zero attached hydrogens (tertiary/aromatic N) is 1. The maximum absolute atomic E-state index is 10.0. The number of allylic oxidation sites excluding steroid dienone is 2. The Kier molecular flexibility index (Phi) is 8.94. The number of benzene rings is 2. The third-order valence-electron chi connectivity index (χ3n) is 4.56. The number of ketones is 1. The first kappa shape index (κ1) is 24.7. The van der Waals surface area contributed by atoms with Gasteiger partial charge in [0.1, 0.15) is 0 Å². The first-order chi connectivity index (χ1) is 13.1. The average Bonchev–Trinajstić information content (AvgIpc) is 2.56. The molecule has 3 aromatic rings. The van der Waals surface area contributed by atoms with Gasteiger partial charge in [-0.25, -0.2) is 0 Å². The maximum atomic E-state index is 10.0. The van der Waals surface area contributed by atoms with Crippen molar-refractivity contribution in [3.63, 3.8) is 0 Å². The molecule has 3 nitrogen and oxygen atoms in total. The normalized spacial score (nSPS) is 10.8. The van der Waals surface area contributed by atoms with Crippen molar-refractivity contribution in [2.24, 2.45) is 0 Å². The van der Waals surface area contributed by atoms with Crippen LogP contribution in [0.5, 0.6) is 0 Å². The predicted molar refractivity (Wildman–Crippen MR) is 117 cm³/mol. The second-order valence-electron chi connectivity index (χ2n) is 7.38. The number of aromatic nitrogens is 1. The summed E-state index contributed by atoms with van der Waals surface area (Å²) in [7, 11) is 0. The summed E-state index contributed by atoms with van der Waals surface area (Å²) < 4.78 is 0. The van der Waals surface area contributed by atoms with Crippen LogP contribution in [0.2, 0.25) is 0 Å². The van der Waals surface area contributed by atoms with E-state index in [0.29, 0.717) is 0 Å². The summed E-state index contributed by atoms with van der Waals surface area (Å²) >= 11 is 0. The molecule has 155 valence electrons. The van der Waals surface area contributed by atoms with E-state index in [9.17, 15) is 4.79 Å². The van der Waals surface area contributed by atoms with E-state index in [1.165, 1.54) is 47.6 Å². The van der Waals surface area contributed by atoms with Crippen molar-refractivity contribution in [3.8, 4) is 11.3 Å². The smallest absolute Gasteiger partial charge is 0.155 e. The molecule has 0 spiro atoms. The number of carbonyl (C=O) groups is 1. The number of aliphatic hydroxyl groups is 1. The minimum atomic E-state index is -0.125. The molecule has 1 heterocycles. The van der Waals surface area contributed by atoms with E-state index in [-0.39, 0.29) is 31.6 Å². The largest absolute Gasteiger partial charge is 0.512 e. The number of aliphatic hydroxyl groups excluding tert-OH is 1. The molecule has 2 aromatic carbocycles. The Bertz CT molecular complexity index is 1060. The molecule has 0 atom stereocenters. The third-order valence-corrected chi connectivity index (χ3v) is 4.56. The van der Waals surface area contributed by atoms with Gasteiger partial charge in [-0.15, -0.1) is 34.4 Å². The number of hydrogen-bond donors (Lipinski definition) is 1. The summed E-state index contributed by atoms with van der Waals surface area (Å²) in [4.78, 5) is 14.9. The zero-order valence-electron chi connectivity index (χ0n) is 18.1. The molecular formula is C25H28IrNO2-. The van der Waals surface area contributed by atoms with Crippen molar-refractivity contribution in [1.82, 2.24) is 4.98 Å². The van der Waals surface area contributed by atoms with Crippen molar-refractivity contribution < 1.29 is 30.0 Å². The van der Waals surface area contributed by atoms with Crippen molar-refractivity contribution in [3.05, 3.63) is 76.1 Å². The SMILES string of the molecule is CC(=O)/C=C(/C)O.Cc1[c-]c(-c2cc(C)c3ccc(C)cc3n2)c(C)c(C)c1.[Ir]. The number of rotatable bonds is 2. The molecular weight excluding hydrogens is 538 g/mol. The van der Waals surface area contributed by atoms with Crippen molar-refractivity contribution in [2.75, 3.05) is 0 Å². The van der Waals surface area contributed by atoms with Crippen molar-refractivity contribution in [1.29, 1.82) is 0 Å². The number of fused-ring (bicyclic) bond motifs is 1. The van der Waals surface area contributed by atoms with Crippen LogP contribution in [0.1, 0.15) is 41.7 Å². The standard InChI is InChI=1S/C20H20N.C5H8O2.Ir/c1-12-6-7-17-15(4)11-20(21-19(17)10-12)18-9-13(2)8-14(3)16(18)5;1-4(6)3-5(2)7;/h6-8,10-11H,1-5H3;3,6H,1-2H3;/q-1;;/b;4-3-;. The molecule has 1 aromatic heterocycles. The van der Waals surface area contributed by atoms with Crippen LogP contribution in [0.4, 0.5) is 0 Å². The monoisotopic (exact) mass is 567 g/mol. The minimum Gasteiger partial charge on any atom is -0.512 e. The number of pyridine rings is 1. The second kappa shape index (κ2) is 10.5. The number of carbonyl (C=O) groups excluding carboxylic acids is 1. The Labute approximate surface area is 187 Å². The van der Waals surface area contributed by atoms with Crippen molar-refractivity contribution in [2.45, 2.75) is 48.5 Å². The molecule has 0 bridgehead atoms. The van der Waals surface area contributed by atoms with Gasteiger partial charge in [0.25, 0.3) is 0 Å². The number of hydrogen-bond acceptors (Lipinski definition) is 3. The minimum absolute atomic E-state index is 0. The van der Waals surface area contributed by atoms with Gasteiger partial charge >= 0.3 is 0 Å². The molecule has 1 radical (unpaired) electrons. The van der Waals surface area contributed by atoms with Gasteiger partial charge < -0.3 is 5.11 Å². The Morgan fingerprint density at radius 2 is 1.66 bits per heavy atom. The summed E-state index contributed by atoms with van der Waals surface area (Å²) in [5.74, 6) is -0.0625. The fourth-order valence-corrected chi connectivity index (χ4v) is 3.15. The summed E-state index contributed by atoms with van der Waals surface area (Å²) in [5.41, 5.74) is 9.45. The molecule has 1 N–H and O–H groups in total. The van der Waals surface area contributed by atoms with Crippen LogP contribution < -0.4 is 0 Å². The number of aryl methyl sites for hydroxylation is 4. The van der Waals surface area contributed by atoms with Crippen LogP contribution in [0, 0.1) is 40.7 Å². The van der Waals surface area contributed by atoms with E-state index in [0.717, 1.165) is 22.3 Å². The Morgan fingerprint density at radius 3 is 2.21 bits per heavy atom. The third kappa shape index (κ3) is 6.62. The molecule has 0 aliphatic rings. The van der Waals surface area contributed by atoms with Gasteiger partial charge in [-0.3, -0.25) is 9.78 Å². The predicted octanol–water partition coefficient (Wildman–Crippen LogP) is 6.28. The van der Waals surface area contributed by atoms with E-state index in [1.54, 1.807) is 0 Å². The zero-order chi connectivity index (χ0) is 21.0. The molecule has 0 fully saturated rings. The van der Waals surface area contributed by atoms with Gasteiger partial charge in [-0.2, -0.15) is 0 Å². The summed E-state index contributed by atoms with van der Waals surface area (Å²) in [6.45, 7) is 13.5. The summed E-state index contributed by atoms with van der Waals surface area (Å²) in [6, 6.07) is 14.3. The quantitative estimate of drug-likeness (QED) is 0.226. The van der Waals surface area contributed by atoms with Gasteiger partial charge in [0, 0.05) is 31.6 Å². The molecule has 29 heavy (non-hydrogen) atoms. The molecule has 0 aliphatic carbocycles. The Morgan fingerprint density at radius 1 is 1.00 bits per heavy atom. The van der Waals surface area contributed by atoms with Crippen LogP contribution in [0.15, 0.2) is 42.2 Å². The van der Waals surface area contributed by atoms with Crippen LogP contribution in [-0.4, -0.2) is 15.9 Å². The van der Waals surface area contributed by atoms with Crippen LogP contribution in [0.25, 0.3) is 22.2 Å². The molecule has 0 amide bonds.